The van der Waals surface area contributed by atoms with Gasteiger partial charge >= 0.3 is 12.1 Å². The normalized spacial score (nSPS) is 12.2. The number of nitrogens with zero attached hydrogens (tertiary/aromatic N) is 2. The van der Waals surface area contributed by atoms with E-state index in [9.17, 15) is 22.8 Å². The minimum absolute atomic E-state index is 0.0457. The zero-order valence-corrected chi connectivity index (χ0v) is 22.0. The van der Waals surface area contributed by atoms with E-state index in [4.69, 9.17) is 21.4 Å². The summed E-state index contributed by atoms with van der Waals surface area (Å²) in [6.45, 7) is 4.47. The highest BCUT2D eigenvalue weighted by atomic mass is 35.5. The smallest absolute Gasteiger partial charge is 0.416 e. The van der Waals surface area contributed by atoms with Crippen molar-refractivity contribution in [3.63, 3.8) is 0 Å². The highest BCUT2D eigenvalue weighted by molar-refractivity contribution is 6.33. The molecule has 0 saturated carbocycles. The number of anilines is 1. The molecule has 0 aliphatic rings. The van der Waals surface area contributed by atoms with Crippen molar-refractivity contribution in [3.8, 4) is 17.1 Å². The highest BCUT2D eigenvalue weighted by Crippen LogP contribution is 2.34. The average molecular weight is 565 g/mol. The standard InChI is InChI=1S/C27H28ClF3N4O4/c1-16(2)11-20(35-19-6-3-17(4-7-19)26(38)32-10-9-24(36)37)15-39-21-13-33-25(34-14-21)22-8-5-18(12-23(22)28)27(29,30)31/h3-8,12-14,16,20,35H,9-11,15H2,1-2H3,(H,32,38)(H,36,37). The van der Waals surface area contributed by atoms with Gasteiger partial charge in [-0.25, -0.2) is 9.97 Å². The fraction of sp³-hybridized carbons (Fsp3) is 0.333. The summed E-state index contributed by atoms with van der Waals surface area (Å²) in [5, 5.41) is 14.5. The Morgan fingerprint density at radius 3 is 2.31 bits per heavy atom. The number of carboxylic acids is 1. The number of carboxylic acid groups (broad SMARTS) is 1. The summed E-state index contributed by atoms with van der Waals surface area (Å²) in [5.41, 5.74) is 0.603. The minimum atomic E-state index is -4.50. The maximum absolute atomic E-state index is 12.9. The van der Waals surface area contributed by atoms with Crippen molar-refractivity contribution in [2.24, 2.45) is 5.92 Å². The monoisotopic (exact) mass is 564 g/mol. The third-order valence-electron chi connectivity index (χ3n) is 5.51. The number of hydrogen-bond acceptors (Lipinski definition) is 6. The number of carbonyl (C=O) groups is 2. The van der Waals surface area contributed by atoms with Gasteiger partial charge in [0.2, 0.25) is 0 Å². The Kier molecular flexibility index (Phi) is 10.1. The molecule has 1 atom stereocenters. The quantitative estimate of drug-likeness (QED) is 0.250. The third-order valence-corrected chi connectivity index (χ3v) is 5.83. The zero-order valence-electron chi connectivity index (χ0n) is 21.3. The van der Waals surface area contributed by atoms with E-state index in [1.165, 1.54) is 18.5 Å². The first-order valence-corrected chi connectivity index (χ1v) is 12.5. The molecule has 1 aromatic heterocycles. The molecule has 0 aliphatic carbocycles. The lowest BCUT2D eigenvalue weighted by molar-refractivity contribution is -0.138. The molecular formula is C27H28ClF3N4O4. The number of rotatable bonds is 12. The fourth-order valence-corrected chi connectivity index (χ4v) is 3.94. The number of alkyl halides is 3. The predicted octanol–water partition coefficient (Wildman–Crippen LogP) is 5.93. The average Bonchev–Trinajstić information content (AvgIpc) is 2.87. The molecular weight excluding hydrogens is 537 g/mol. The van der Waals surface area contributed by atoms with Crippen LogP contribution in [0.4, 0.5) is 18.9 Å². The van der Waals surface area contributed by atoms with Gasteiger partial charge in [0, 0.05) is 23.4 Å². The minimum Gasteiger partial charge on any atom is -0.488 e. The Hall–Kier alpha value is -3.86. The van der Waals surface area contributed by atoms with E-state index in [2.05, 4.69) is 34.4 Å². The molecule has 0 bridgehead atoms. The van der Waals surface area contributed by atoms with Gasteiger partial charge in [0.05, 0.1) is 35.4 Å². The van der Waals surface area contributed by atoms with Gasteiger partial charge in [-0.05, 0) is 54.8 Å². The summed E-state index contributed by atoms with van der Waals surface area (Å²) in [7, 11) is 0. The van der Waals surface area contributed by atoms with Gasteiger partial charge in [-0.15, -0.1) is 0 Å². The van der Waals surface area contributed by atoms with Crippen molar-refractivity contribution < 1.29 is 32.6 Å². The van der Waals surface area contributed by atoms with E-state index >= 15 is 0 Å². The molecule has 208 valence electrons. The van der Waals surface area contributed by atoms with E-state index in [1.54, 1.807) is 24.3 Å². The molecule has 1 unspecified atom stereocenters. The molecule has 12 heteroatoms. The number of amides is 1. The summed E-state index contributed by atoms with van der Waals surface area (Å²) in [5.74, 6) is -0.438. The molecule has 1 heterocycles. The number of hydrogen-bond donors (Lipinski definition) is 3. The molecule has 0 saturated heterocycles. The van der Waals surface area contributed by atoms with Gasteiger partial charge in [-0.3, -0.25) is 9.59 Å². The van der Waals surface area contributed by atoms with Gasteiger partial charge in [0.1, 0.15) is 6.61 Å². The largest absolute Gasteiger partial charge is 0.488 e. The van der Waals surface area contributed by atoms with Crippen LogP contribution in [0, 0.1) is 5.92 Å². The fourth-order valence-electron chi connectivity index (χ4n) is 3.68. The third kappa shape index (κ3) is 9.13. The van der Waals surface area contributed by atoms with E-state index in [0.29, 0.717) is 17.2 Å². The number of aromatic nitrogens is 2. The summed E-state index contributed by atoms with van der Waals surface area (Å²) < 4.78 is 44.5. The van der Waals surface area contributed by atoms with Crippen LogP contribution in [0.2, 0.25) is 5.02 Å². The second-order valence-electron chi connectivity index (χ2n) is 9.19. The first-order chi connectivity index (χ1) is 18.4. The van der Waals surface area contributed by atoms with Crippen LogP contribution in [0.1, 0.15) is 42.6 Å². The number of carbonyl (C=O) groups excluding carboxylic acids is 1. The van der Waals surface area contributed by atoms with E-state index < -0.39 is 17.7 Å². The predicted molar refractivity (Wildman–Crippen MR) is 141 cm³/mol. The first kappa shape index (κ1) is 29.7. The van der Waals surface area contributed by atoms with E-state index in [0.717, 1.165) is 24.2 Å². The molecule has 0 aliphatic heterocycles. The summed E-state index contributed by atoms with van der Waals surface area (Å²) >= 11 is 6.04. The molecule has 3 aromatic rings. The van der Waals surface area contributed by atoms with Crippen molar-refractivity contribution >= 4 is 29.2 Å². The molecule has 3 N–H and O–H groups in total. The zero-order chi connectivity index (χ0) is 28.6. The molecule has 2 aromatic carbocycles. The lowest BCUT2D eigenvalue weighted by Gasteiger charge is -2.22. The Morgan fingerprint density at radius 2 is 1.74 bits per heavy atom. The van der Waals surface area contributed by atoms with Crippen molar-refractivity contribution in [2.75, 3.05) is 18.5 Å². The van der Waals surface area contributed by atoms with Crippen LogP contribution < -0.4 is 15.4 Å². The van der Waals surface area contributed by atoms with Gasteiger partial charge in [-0.1, -0.05) is 25.4 Å². The van der Waals surface area contributed by atoms with Gasteiger partial charge in [-0.2, -0.15) is 13.2 Å². The number of ether oxygens (including phenoxy) is 1. The van der Waals surface area contributed by atoms with Gasteiger partial charge < -0.3 is 20.5 Å². The van der Waals surface area contributed by atoms with Crippen molar-refractivity contribution in [3.05, 3.63) is 71.0 Å². The Labute approximate surface area is 228 Å². The van der Waals surface area contributed by atoms with E-state index in [1.807, 2.05) is 0 Å². The topological polar surface area (TPSA) is 113 Å². The summed E-state index contributed by atoms with van der Waals surface area (Å²) in [6, 6.07) is 9.70. The van der Waals surface area contributed by atoms with E-state index in [-0.39, 0.29) is 47.9 Å². The van der Waals surface area contributed by atoms with Crippen LogP contribution >= 0.6 is 11.6 Å². The first-order valence-electron chi connectivity index (χ1n) is 12.1. The highest BCUT2D eigenvalue weighted by Gasteiger charge is 2.31. The number of aliphatic carboxylic acids is 1. The molecule has 0 spiro atoms. The van der Waals surface area contributed by atoms with Crippen molar-refractivity contribution in [1.82, 2.24) is 15.3 Å². The second-order valence-corrected chi connectivity index (χ2v) is 9.60. The summed E-state index contributed by atoms with van der Waals surface area (Å²) in [4.78, 5) is 31.1. The SMILES string of the molecule is CC(C)CC(COc1cnc(-c2ccc(C(F)(F)F)cc2Cl)nc1)Nc1ccc(C(=O)NCCC(=O)O)cc1. The maximum Gasteiger partial charge on any atom is 0.416 e. The van der Waals surface area contributed by atoms with Crippen LogP contribution in [-0.2, 0) is 11.0 Å². The lowest BCUT2D eigenvalue weighted by atomic mass is 10.0. The molecule has 8 nitrogen and oxygen atoms in total. The molecule has 39 heavy (non-hydrogen) atoms. The van der Waals surface area contributed by atoms with Crippen LogP contribution in [0.3, 0.4) is 0 Å². The lowest BCUT2D eigenvalue weighted by Crippen LogP contribution is -2.29. The number of benzene rings is 2. The number of halogens is 4. The Morgan fingerprint density at radius 1 is 1.08 bits per heavy atom. The Bertz CT molecular complexity index is 1270. The Balaban J connectivity index is 1.60. The molecule has 0 radical (unpaired) electrons. The molecule has 1 amide bonds. The van der Waals surface area contributed by atoms with Crippen LogP contribution in [-0.4, -0.2) is 46.1 Å². The van der Waals surface area contributed by atoms with Crippen LogP contribution in [0.15, 0.2) is 54.9 Å². The molecule has 3 rings (SSSR count). The van der Waals surface area contributed by atoms with Gasteiger partial charge in [0.15, 0.2) is 11.6 Å². The van der Waals surface area contributed by atoms with Crippen molar-refractivity contribution in [1.29, 1.82) is 0 Å². The maximum atomic E-state index is 12.9. The van der Waals surface area contributed by atoms with Gasteiger partial charge in [0.25, 0.3) is 5.91 Å². The van der Waals surface area contributed by atoms with Crippen LogP contribution in [0.5, 0.6) is 5.75 Å². The number of nitrogens with one attached hydrogen (secondary N) is 2. The summed E-state index contributed by atoms with van der Waals surface area (Å²) in [6.07, 6.45) is -1.02. The van der Waals surface area contributed by atoms with Crippen molar-refractivity contribution in [2.45, 2.75) is 38.9 Å². The second kappa shape index (κ2) is 13.3. The molecule has 0 fully saturated rings. The van der Waals surface area contributed by atoms with Crippen LogP contribution in [0.25, 0.3) is 11.4 Å².